The second-order valence-corrected chi connectivity index (χ2v) is 6.52. The Hall–Kier alpha value is -2.84. The van der Waals surface area contributed by atoms with Gasteiger partial charge in [0.15, 0.2) is 0 Å². The third-order valence-corrected chi connectivity index (χ3v) is 4.78. The van der Waals surface area contributed by atoms with Gasteiger partial charge in [0.05, 0.1) is 41.4 Å². The first-order chi connectivity index (χ1) is 13.2. The van der Waals surface area contributed by atoms with Gasteiger partial charge in [-0.15, -0.1) is 5.10 Å². The first-order valence-electron chi connectivity index (χ1n) is 8.99. The van der Waals surface area contributed by atoms with E-state index in [9.17, 15) is 0 Å². The second kappa shape index (κ2) is 7.42. The van der Waals surface area contributed by atoms with Crippen molar-refractivity contribution in [2.24, 2.45) is 4.99 Å². The molecule has 0 aromatic carbocycles. The number of fused-ring (bicyclic) bond motifs is 2. The quantitative estimate of drug-likeness (QED) is 0.650. The lowest BCUT2D eigenvalue weighted by molar-refractivity contribution is 0.210. The van der Waals surface area contributed by atoms with Crippen molar-refractivity contribution in [1.29, 1.82) is 0 Å². The van der Waals surface area contributed by atoms with Crippen molar-refractivity contribution in [3.8, 4) is 11.3 Å². The molecule has 140 valence electrons. The number of pyridine rings is 1. The number of likely N-dealkylation sites (N-methyl/N-ethyl adjacent to an activating group) is 1. The molecule has 0 radical (unpaired) electrons. The average molecular weight is 365 g/mol. The smallest absolute Gasteiger partial charge is 0.241 e. The van der Waals surface area contributed by atoms with Crippen molar-refractivity contribution >= 4 is 22.9 Å². The Balaban J connectivity index is 1.65. The standard InChI is InChI=1S/C19H23N7O/c1-12-16(20-2)10-17-15(23-12)5-4-14(24-17)13-6-8-26-18(13)11-22-19(25-26)21-7-9-27-3/h4-6,8,11,16,20H,7,9-10H2,1-3H3,(H,21,25). The van der Waals surface area contributed by atoms with Crippen LogP contribution in [-0.2, 0) is 11.2 Å². The molecule has 1 atom stereocenters. The molecule has 1 aliphatic heterocycles. The maximum atomic E-state index is 5.03. The van der Waals surface area contributed by atoms with E-state index in [1.807, 2.05) is 42.2 Å². The Bertz CT molecular complexity index is 995. The zero-order valence-electron chi connectivity index (χ0n) is 15.7. The number of methoxy groups -OCH3 is 1. The van der Waals surface area contributed by atoms with Gasteiger partial charge in [-0.2, -0.15) is 0 Å². The highest BCUT2D eigenvalue weighted by molar-refractivity contribution is 5.92. The van der Waals surface area contributed by atoms with Crippen LogP contribution in [0.25, 0.3) is 16.8 Å². The second-order valence-electron chi connectivity index (χ2n) is 6.52. The molecule has 3 aromatic rings. The maximum absolute atomic E-state index is 5.03. The fraction of sp³-hybridized carbons (Fsp3) is 0.368. The zero-order chi connectivity index (χ0) is 18.8. The number of anilines is 1. The summed E-state index contributed by atoms with van der Waals surface area (Å²) in [4.78, 5) is 13.9. The van der Waals surface area contributed by atoms with E-state index in [1.165, 1.54) is 0 Å². The minimum absolute atomic E-state index is 0.232. The minimum atomic E-state index is 0.232. The molecular formula is C19H23N7O. The fourth-order valence-corrected chi connectivity index (χ4v) is 3.28. The van der Waals surface area contributed by atoms with Gasteiger partial charge in [-0.3, -0.25) is 9.98 Å². The third kappa shape index (κ3) is 3.41. The van der Waals surface area contributed by atoms with Crippen molar-refractivity contribution in [3.05, 3.63) is 36.3 Å². The lowest BCUT2D eigenvalue weighted by atomic mass is 10.0. The molecule has 8 nitrogen and oxygen atoms in total. The Kier molecular flexibility index (Phi) is 4.83. The molecule has 0 spiro atoms. The number of rotatable bonds is 6. The molecule has 1 unspecified atom stereocenters. The van der Waals surface area contributed by atoms with Crippen LogP contribution in [0, 0.1) is 0 Å². The fourth-order valence-electron chi connectivity index (χ4n) is 3.28. The molecular weight excluding hydrogens is 342 g/mol. The number of ether oxygens (including phenoxy) is 1. The molecule has 4 rings (SSSR count). The predicted octanol–water partition coefficient (Wildman–Crippen LogP) is 2.09. The highest BCUT2D eigenvalue weighted by Crippen LogP contribution is 2.30. The number of hydrogen-bond donors (Lipinski definition) is 2. The van der Waals surface area contributed by atoms with Gasteiger partial charge in [-0.1, -0.05) is 0 Å². The summed E-state index contributed by atoms with van der Waals surface area (Å²) in [5, 5.41) is 10.9. The summed E-state index contributed by atoms with van der Waals surface area (Å²) in [6.07, 6.45) is 4.58. The normalized spacial score (nSPS) is 16.3. The molecule has 0 saturated heterocycles. The van der Waals surface area contributed by atoms with E-state index in [1.54, 1.807) is 7.11 Å². The monoisotopic (exact) mass is 365 g/mol. The lowest BCUT2D eigenvalue weighted by Gasteiger charge is -2.22. The van der Waals surface area contributed by atoms with Gasteiger partial charge in [0, 0.05) is 37.5 Å². The molecule has 8 heteroatoms. The van der Waals surface area contributed by atoms with Crippen molar-refractivity contribution in [2.75, 3.05) is 32.6 Å². The number of nitrogens with one attached hydrogen (secondary N) is 2. The van der Waals surface area contributed by atoms with Crippen LogP contribution in [0.2, 0.25) is 0 Å². The summed E-state index contributed by atoms with van der Waals surface area (Å²) in [5.41, 5.74) is 5.89. The van der Waals surface area contributed by atoms with Gasteiger partial charge in [-0.05, 0) is 32.2 Å². The van der Waals surface area contributed by atoms with Crippen LogP contribution >= 0.6 is 0 Å². The van der Waals surface area contributed by atoms with Crippen LogP contribution in [0.3, 0.4) is 0 Å². The molecule has 0 amide bonds. The Morgan fingerprint density at radius 3 is 3.00 bits per heavy atom. The SMILES string of the molecule is CNC1Cc2nc(-c3ccn4nc(NCCOC)ncc34)ccc2N=C1C. The Labute approximate surface area is 157 Å². The van der Waals surface area contributed by atoms with Gasteiger partial charge in [-0.25, -0.2) is 9.50 Å². The summed E-state index contributed by atoms with van der Waals surface area (Å²) in [5.74, 6) is 0.571. The molecule has 27 heavy (non-hydrogen) atoms. The molecule has 1 aliphatic rings. The third-order valence-electron chi connectivity index (χ3n) is 4.78. The van der Waals surface area contributed by atoms with Crippen molar-refractivity contribution in [2.45, 2.75) is 19.4 Å². The van der Waals surface area contributed by atoms with Gasteiger partial charge < -0.3 is 15.4 Å². The van der Waals surface area contributed by atoms with E-state index < -0.39 is 0 Å². The lowest BCUT2D eigenvalue weighted by Crippen LogP contribution is -2.36. The molecule has 2 N–H and O–H groups in total. The molecule has 0 fully saturated rings. The van der Waals surface area contributed by atoms with Gasteiger partial charge in [0.1, 0.15) is 0 Å². The molecule has 0 saturated carbocycles. The zero-order valence-corrected chi connectivity index (χ0v) is 15.7. The van der Waals surface area contributed by atoms with Crippen LogP contribution in [0.15, 0.2) is 35.6 Å². The van der Waals surface area contributed by atoms with Gasteiger partial charge in [0.25, 0.3) is 0 Å². The van der Waals surface area contributed by atoms with Crippen LogP contribution in [0.1, 0.15) is 12.6 Å². The maximum Gasteiger partial charge on any atom is 0.241 e. The first-order valence-corrected chi connectivity index (χ1v) is 8.99. The van der Waals surface area contributed by atoms with E-state index in [2.05, 4.69) is 32.6 Å². The summed E-state index contributed by atoms with van der Waals surface area (Å²) in [7, 11) is 3.62. The topological polar surface area (TPSA) is 88.7 Å². The number of aliphatic imine (C=N–C) groups is 1. The highest BCUT2D eigenvalue weighted by atomic mass is 16.5. The summed E-state index contributed by atoms with van der Waals surface area (Å²) < 4.78 is 6.85. The van der Waals surface area contributed by atoms with Gasteiger partial charge in [0.2, 0.25) is 5.95 Å². The molecule has 3 aromatic heterocycles. The van der Waals surface area contributed by atoms with Crippen LogP contribution in [-0.4, -0.2) is 58.6 Å². The van der Waals surface area contributed by atoms with Gasteiger partial charge >= 0.3 is 0 Å². The Morgan fingerprint density at radius 1 is 1.30 bits per heavy atom. The number of aromatic nitrogens is 4. The van der Waals surface area contributed by atoms with Crippen LogP contribution in [0.4, 0.5) is 11.6 Å². The highest BCUT2D eigenvalue weighted by Gasteiger charge is 2.21. The van der Waals surface area contributed by atoms with Crippen LogP contribution < -0.4 is 10.6 Å². The molecule has 0 bridgehead atoms. The van der Waals surface area contributed by atoms with E-state index in [0.29, 0.717) is 19.1 Å². The molecule has 4 heterocycles. The van der Waals surface area contributed by atoms with E-state index in [4.69, 9.17) is 9.72 Å². The summed E-state index contributed by atoms with van der Waals surface area (Å²) >= 11 is 0. The van der Waals surface area contributed by atoms with E-state index >= 15 is 0 Å². The Morgan fingerprint density at radius 2 is 2.19 bits per heavy atom. The summed E-state index contributed by atoms with van der Waals surface area (Å²) in [6, 6.07) is 6.30. The number of hydrogen-bond acceptors (Lipinski definition) is 7. The van der Waals surface area contributed by atoms with Crippen molar-refractivity contribution in [3.63, 3.8) is 0 Å². The summed E-state index contributed by atoms with van der Waals surface area (Å²) in [6.45, 7) is 3.32. The predicted molar refractivity (Wildman–Crippen MR) is 106 cm³/mol. The largest absolute Gasteiger partial charge is 0.383 e. The van der Waals surface area contributed by atoms with E-state index in [0.717, 1.165) is 40.3 Å². The minimum Gasteiger partial charge on any atom is -0.383 e. The van der Waals surface area contributed by atoms with Crippen LogP contribution in [0.5, 0.6) is 0 Å². The number of nitrogens with zero attached hydrogens (tertiary/aromatic N) is 5. The van der Waals surface area contributed by atoms with E-state index in [-0.39, 0.29) is 6.04 Å². The average Bonchev–Trinajstić information content (AvgIpc) is 3.10. The van der Waals surface area contributed by atoms with Crippen molar-refractivity contribution in [1.82, 2.24) is 24.9 Å². The van der Waals surface area contributed by atoms with Crippen molar-refractivity contribution < 1.29 is 4.74 Å². The molecule has 0 aliphatic carbocycles. The first kappa shape index (κ1) is 17.6.